The fourth-order valence-electron chi connectivity index (χ4n) is 2.88. The lowest BCUT2D eigenvalue weighted by atomic mass is 10.1. The van der Waals surface area contributed by atoms with E-state index in [0.717, 1.165) is 28.0 Å². The zero-order valence-corrected chi connectivity index (χ0v) is 19.0. The molecule has 2 heterocycles. The Balaban J connectivity index is 1.37. The number of hydrogen-bond donors (Lipinski definition) is 1. The minimum Gasteiger partial charge on any atom is -0.497 e. The molecule has 0 spiro atoms. The third kappa shape index (κ3) is 5.01. The van der Waals surface area contributed by atoms with Crippen LogP contribution in [0.15, 0.2) is 60.0 Å². The number of nitrogens with zero attached hydrogens (tertiary/aromatic N) is 2. The van der Waals surface area contributed by atoms with Crippen LogP contribution < -0.4 is 10.1 Å². The van der Waals surface area contributed by atoms with Gasteiger partial charge in [-0.3, -0.25) is 4.79 Å². The Bertz CT molecular complexity index is 1230. The quantitative estimate of drug-likeness (QED) is 0.378. The van der Waals surface area contributed by atoms with E-state index in [4.69, 9.17) is 9.47 Å². The molecule has 0 aliphatic rings. The molecule has 0 saturated heterocycles. The first-order chi connectivity index (χ1) is 15.5. The normalized spacial score (nSPS) is 10.6. The molecular formula is C23H19N3O4S2. The molecule has 0 radical (unpaired) electrons. The first kappa shape index (κ1) is 21.7. The van der Waals surface area contributed by atoms with Gasteiger partial charge in [0.2, 0.25) is 5.01 Å². The molecule has 0 unspecified atom stereocenters. The average Bonchev–Trinajstić information content (AvgIpc) is 3.49. The topological polar surface area (TPSA) is 90.4 Å². The van der Waals surface area contributed by atoms with Gasteiger partial charge >= 0.3 is 5.97 Å². The van der Waals surface area contributed by atoms with Crippen LogP contribution in [-0.2, 0) is 11.3 Å². The predicted octanol–water partition coefficient (Wildman–Crippen LogP) is 5.19. The summed E-state index contributed by atoms with van der Waals surface area (Å²) in [5, 5.41) is 13.1. The Hall–Kier alpha value is -3.56. The van der Waals surface area contributed by atoms with Crippen LogP contribution in [-0.4, -0.2) is 29.2 Å². The molecule has 2 aromatic heterocycles. The average molecular weight is 466 g/mol. The number of aryl methyl sites for hydroxylation is 1. The van der Waals surface area contributed by atoms with Crippen LogP contribution in [0.1, 0.15) is 30.0 Å². The largest absolute Gasteiger partial charge is 0.497 e. The molecule has 0 aliphatic carbocycles. The van der Waals surface area contributed by atoms with Crippen LogP contribution in [0.4, 0.5) is 5.69 Å². The van der Waals surface area contributed by atoms with Gasteiger partial charge in [-0.1, -0.05) is 41.2 Å². The van der Waals surface area contributed by atoms with Gasteiger partial charge in [-0.2, -0.15) is 0 Å². The molecule has 7 nitrogen and oxygen atoms in total. The summed E-state index contributed by atoms with van der Waals surface area (Å²) < 4.78 is 10.5. The molecule has 9 heteroatoms. The van der Waals surface area contributed by atoms with E-state index in [-0.39, 0.29) is 17.5 Å². The number of methoxy groups -OCH3 is 1. The number of thiophene rings is 1. The number of carbonyl (C=O) groups excluding carboxylic acids is 2. The molecule has 1 amide bonds. The monoisotopic (exact) mass is 465 g/mol. The Labute approximate surface area is 192 Å². The molecule has 32 heavy (non-hydrogen) atoms. The third-order valence-corrected chi connectivity index (χ3v) is 6.34. The fraction of sp³-hybridized carbons (Fsp3) is 0.130. The van der Waals surface area contributed by atoms with Crippen molar-refractivity contribution in [2.24, 2.45) is 0 Å². The van der Waals surface area contributed by atoms with Crippen molar-refractivity contribution in [3.8, 4) is 16.9 Å². The number of aromatic nitrogens is 2. The van der Waals surface area contributed by atoms with E-state index in [1.54, 1.807) is 31.4 Å². The van der Waals surface area contributed by atoms with Gasteiger partial charge in [0.15, 0.2) is 5.01 Å². The second kappa shape index (κ2) is 9.71. The number of nitrogens with one attached hydrogen (secondary N) is 1. The molecule has 0 bridgehead atoms. The van der Waals surface area contributed by atoms with E-state index in [1.165, 1.54) is 11.3 Å². The molecule has 0 aliphatic heterocycles. The summed E-state index contributed by atoms with van der Waals surface area (Å²) in [5.41, 5.74) is 3.55. The number of amides is 1. The van der Waals surface area contributed by atoms with E-state index in [9.17, 15) is 9.59 Å². The number of carbonyl (C=O) groups is 2. The van der Waals surface area contributed by atoms with Crippen molar-refractivity contribution in [2.45, 2.75) is 13.5 Å². The lowest BCUT2D eigenvalue weighted by molar-refractivity contribution is 0.0478. The molecule has 4 rings (SSSR count). The van der Waals surface area contributed by atoms with Gasteiger partial charge in [-0.05, 0) is 48.2 Å². The van der Waals surface area contributed by atoms with Gasteiger partial charge in [0, 0.05) is 11.3 Å². The van der Waals surface area contributed by atoms with Crippen LogP contribution in [0.5, 0.6) is 5.75 Å². The molecular weight excluding hydrogens is 446 g/mol. The highest BCUT2D eigenvalue weighted by Gasteiger charge is 2.18. The number of hydrogen-bond acceptors (Lipinski definition) is 8. The predicted molar refractivity (Wildman–Crippen MR) is 124 cm³/mol. The summed E-state index contributed by atoms with van der Waals surface area (Å²) in [6, 6.07) is 16.8. The first-order valence-corrected chi connectivity index (χ1v) is 11.3. The molecule has 0 saturated carbocycles. The maximum atomic E-state index is 12.6. The SMILES string of the molecule is COc1ccc(NC(=O)c2nnc(COC(=O)c3sccc3-c3ccc(C)cc3)s2)cc1. The third-order valence-electron chi connectivity index (χ3n) is 4.55. The van der Waals surface area contributed by atoms with Gasteiger partial charge in [0.25, 0.3) is 5.91 Å². The van der Waals surface area contributed by atoms with Crippen molar-refractivity contribution < 1.29 is 19.1 Å². The molecule has 0 fully saturated rings. The summed E-state index contributed by atoms with van der Waals surface area (Å²) in [6.07, 6.45) is 0. The Morgan fingerprint density at radius 2 is 1.75 bits per heavy atom. The Morgan fingerprint density at radius 1 is 1.00 bits per heavy atom. The summed E-state index contributed by atoms with van der Waals surface area (Å²) in [6.45, 7) is 1.96. The van der Waals surface area contributed by atoms with Crippen molar-refractivity contribution in [3.63, 3.8) is 0 Å². The highest BCUT2D eigenvalue weighted by molar-refractivity contribution is 7.13. The number of esters is 1. The van der Waals surface area contributed by atoms with Crippen LogP contribution in [0.25, 0.3) is 11.1 Å². The second-order valence-corrected chi connectivity index (χ2v) is 8.77. The van der Waals surface area contributed by atoms with Crippen LogP contribution >= 0.6 is 22.7 Å². The molecule has 162 valence electrons. The molecule has 1 N–H and O–H groups in total. The van der Waals surface area contributed by atoms with Gasteiger partial charge in [0.1, 0.15) is 17.2 Å². The number of anilines is 1. The van der Waals surface area contributed by atoms with Crippen molar-refractivity contribution in [3.05, 3.63) is 80.4 Å². The minimum absolute atomic E-state index is 0.0580. The van der Waals surface area contributed by atoms with Crippen LogP contribution in [0, 0.1) is 6.92 Å². The summed E-state index contributed by atoms with van der Waals surface area (Å²) in [7, 11) is 1.57. The lowest BCUT2D eigenvalue weighted by Gasteiger charge is -2.05. The van der Waals surface area contributed by atoms with E-state index in [1.807, 2.05) is 42.6 Å². The lowest BCUT2D eigenvalue weighted by Crippen LogP contribution is -2.11. The van der Waals surface area contributed by atoms with Gasteiger partial charge in [-0.25, -0.2) is 4.79 Å². The van der Waals surface area contributed by atoms with Crippen LogP contribution in [0.3, 0.4) is 0 Å². The Kier molecular flexibility index (Phi) is 6.58. The van der Waals surface area contributed by atoms with E-state index >= 15 is 0 Å². The van der Waals surface area contributed by atoms with Gasteiger partial charge in [0.05, 0.1) is 7.11 Å². The van der Waals surface area contributed by atoms with Crippen molar-refractivity contribution in [2.75, 3.05) is 12.4 Å². The van der Waals surface area contributed by atoms with E-state index in [2.05, 4.69) is 15.5 Å². The summed E-state index contributed by atoms with van der Waals surface area (Å²) in [4.78, 5) is 25.5. The van der Waals surface area contributed by atoms with Crippen molar-refractivity contribution in [1.82, 2.24) is 10.2 Å². The molecule has 4 aromatic rings. The zero-order valence-electron chi connectivity index (χ0n) is 17.3. The van der Waals surface area contributed by atoms with Gasteiger partial charge in [-0.15, -0.1) is 21.5 Å². The summed E-state index contributed by atoms with van der Waals surface area (Å²) >= 11 is 2.40. The minimum atomic E-state index is -0.435. The standard InChI is InChI=1S/C23H19N3O4S2/c1-14-3-5-15(6-4-14)18-11-12-31-20(18)23(28)30-13-19-25-26-22(32-19)21(27)24-16-7-9-17(29-2)10-8-16/h3-12H,13H2,1-2H3,(H,24,27). The van der Waals surface area contributed by atoms with Gasteiger partial charge < -0.3 is 14.8 Å². The zero-order chi connectivity index (χ0) is 22.5. The molecule has 2 aromatic carbocycles. The second-order valence-electron chi connectivity index (χ2n) is 6.79. The maximum absolute atomic E-state index is 12.6. The number of ether oxygens (including phenoxy) is 2. The maximum Gasteiger partial charge on any atom is 0.349 e. The van der Waals surface area contributed by atoms with Crippen molar-refractivity contribution in [1.29, 1.82) is 0 Å². The first-order valence-electron chi connectivity index (χ1n) is 9.63. The van der Waals surface area contributed by atoms with Crippen LogP contribution in [0.2, 0.25) is 0 Å². The Morgan fingerprint density at radius 3 is 2.47 bits per heavy atom. The summed E-state index contributed by atoms with van der Waals surface area (Å²) in [5.74, 6) is -0.126. The number of rotatable bonds is 7. The fourth-order valence-corrected chi connectivity index (χ4v) is 4.34. The van der Waals surface area contributed by atoms with E-state index < -0.39 is 5.97 Å². The smallest absolute Gasteiger partial charge is 0.349 e. The molecule has 0 atom stereocenters. The number of benzene rings is 2. The van der Waals surface area contributed by atoms with Crippen molar-refractivity contribution >= 4 is 40.2 Å². The highest BCUT2D eigenvalue weighted by atomic mass is 32.1. The highest BCUT2D eigenvalue weighted by Crippen LogP contribution is 2.29. The van der Waals surface area contributed by atoms with E-state index in [0.29, 0.717) is 21.3 Å².